The fourth-order valence-electron chi connectivity index (χ4n) is 1.30. The summed E-state index contributed by atoms with van der Waals surface area (Å²) in [6, 6.07) is 3.62. The van der Waals surface area contributed by atoms with Gasteiger partial charge < -0.3 is 20.5 Å². The van der Waals surface area contributed by atoms with Crippen LogP contribution in [0.1, 0.15) is 34.6 Å². The first-order chi connectivity index (χ1) is 8.63. The Morgan fingerprint density at radius 3 is 2.37 bits per heavy atom. The van der Waals surface area contributed by atoms with Gasteiger partial charge in [-0.15, -0.1) is 0 Å². The van der Waals surface area contributed by atoms with Crippen molar-refractivity contribution in [1.82, 2.24) is 4.98 Å². The van der Waals surface area contributed by atoms with Crippen LogP contribution in [0.3, 0.4) is 0 Å². The van der Waals surface area contributed by atoms with E-state index in [1.165, 1.54) is 0 Å². The second-order valence-corrected chi connectivity index (χ2v) is 6.12. The van der Waals surface area contributed by atoms with E-state index in [2.05, 4.69) is 10.3 Å². The van der Waals surface area contributed by atoms with Crippen molar-refractivity contribution in [2.45, 2.75) is 45.8 Å². The second-order valence-electron chi connectivity index (χ2n) is 6.12. The predicted octanol–water partition coefficient (Wildman–Crippen LogP) is 2.68. The van der Waals surface area contributed by atoms with Gasteiger partial charge in [0, 0.05) is 13.7 Å². The van der Waals surface area contributed by atoms with Crippen LogP contribution < -0.4 is 15.8 Å². The Bertz CT molecular complexity index is 425. The van der Waals surface area contributed by atoms with Crippen LogP contribution in [0.5, 0.6) is 5.88 Å². The third-order valence-electron chi connectivity index (χ3n) is 2.54. The predicted molar refractivity (Wildman–Crippen MR) is 78.6 cm³/mol. The van der Waals surface area contributed by atoms with Gasteiger partial charge >= 0.3 is 0 Å². The lowest BCUT2D eigenvalue weighted by Gasteiger charge is -2.24. The fourth-order valence-corrected chi connectivity index (χ4v) is 1.30. The third-order valence-corrected chi connectivity index (χ3v) is 2.54. The van der Waals surface area contributed by atoms with Gasteiger partial charge in [-0.05, 0) is 46.8 Å². The van der Waals surface area contributed by atoms with Gasteiger partial charge in [0.1, 0.15) is 11.4 Å². The van der Waals surface area contributed by atoms with E-state index < -0.39 is 0 Å². The highest BCUT2D eigenvalue weighted by molar-refractivity contribution is 5.53. The molecule has 0 amide bonds. The van der Waals surface area contributed by atoms with Gasteiger partial charge in [0.2, 0.25) is 5.88 Å². The Kier molecular flexibility index (Phi) is 4.63. The molecule has 0 aromatic carbocycles. The maximum atomic E-state index is 5.86. The molecule has 0 aliphatic rings. The number of anilines is 2. The van der Waals surface area contributed by atoms with Crippen LogP contribution in [-0.2, 0) is 4.74 Å². The number of aromatic nitrogens is 1. The van der Waals surface area contributed by atoms with E-state index in [0.29, 0.717) is 18.1 Å². The molecule has 0 unspecified atom stereocenters. The first kappa shape index (κ1) is 15.6. The molecular weight excluding hydrogens is 242 g/mol. The zero-order valence-corrected chi connectivity index (χ0v) is 12.7. The Hall–Kier alpha value is -1.49. The lowest BCUT2D eigenvalue weighted by atomic mass is 10.1. The van der Waals surface area contributed by atoms with Crippen LogP contribution in [-0.4, -0.2) is 29.8 Å². The molecule has 5 heteroatoms. The standard InChI is InChI=1S/C14H25N3O2/c1-13(2,3)19-12-10(15)7-8-11(17-12)16-9-14(4,5)18-6/h7-8H,9,15H2,1-6H3,(H,16,17). The fraction of sp³-hybridized carbons (Fsp3) is 0.643. The normalized spacial score (nSPS) is 12.3. The molecule has 0 atom stereocenters. The van der Waals surface area contributed by atoms with Gasteiger partial charge in [0.05, 0.1) is 11.3 Å². The number of hydrogen-bond acceptors (Lipinski definition) is 5. The minimum atomic E-state index is -0.328. The molecule has 1 heterocycles. The summed E-state index contributed by atoms with van der Waals surface area (Å²) >= 11 is 0. The average molecular weight is 267 g/mol. The van der Waals surface area contributed by atoms with Crippen LogP contribution >= 0.6 is 0 Å². The van der Waals surface area contributed by atoms with Crippen LogP contribution in [0.4, 0.5) is 11.5 Å². The number of hydrogen-bond donors (Lipinski definition) is 2. The van der Waals surface area contributed by atoms with Crippen LogP contribution in [0.15, 0.2) is 12.1 Å². The molecule has 0 radical (unpaired) electrons. The highest BCUT2D eigenvalue weighted by Gasteiger charge is 2.18. The number of nitrogens with two attached hydrogens (primary N) is 1. The van der Waals surface area contributed by atoms with E-state index in [1.54, 1.807) is 13.2 Å². The first-order valence-corrected chi connectivity index (χ1v) is 6.37. The second kappa shape index (κ2) is 5.65. The molecule has 0 bridgehead atoms. The summed E-state index contributed by atoms with van der Waals surface area (Å²) in [5, 5.41) is 3.22. The number of nitrogen functional groups attached to an aromatic ring is 1. The number of nitrogens with zero attached hydrogens (tertiary/aromatic N) is 1. The van der Waals surface area contributed by atoms with Crippen LogP contribution in [0.2, 0.25) is 0 Å². The van der Waals surface area contributed by atoms with Crippen molar-refractivity contribution in [3.8, 4) is 5.88 Å². The van der Waals surface area contributed by atoms with Gasteiger partial charge in [-0.1, -0.05) is 0 Å². The Morgan fingerprint density at radius 2 is 1.84 bits per heavy atom. The van der Waals surface area contributed by atoms with E-state index in [4.69, 9.17) is 15.2 Å². The highest BCUT2D eigenvalue weighted by Crippen LogP contribution is 2.25. The smallest absolute Gasteiger partial charge is 0.239 e. The minimum Gasteiger partial charge on any atom is -0.470 e. The molecule has 0 saturated heterocycles. The topological polar surface area (TPSA) is 69.4 Å². The Morgan fingerprint density at radius 1 is 1.21 bits per heavy atom. The monoisotopic (exact) mass is 267 g/mol. The summed E-state index contributed by atoms with van der Waals surface area (Å²) in [6.07, 6.45) is 0. The molecular formula is C14H25N3O2. The maximum Gasteiger partial charge on any atom is 0.239 e. The Balaban J connectivity index is 2.79. The molecule has 0 saturated carbocycles. The number of rotatable bonds is 5. The molecule has 1 aromatic rings. The van der Waals surface area contributed by atoms with E-state index in [-0.39, 0.29) is 11.2 Å². The van der Waals surface area contributed by atoms with E-state index >= 15 is 0 Å². The summed E-state index contributed by atoms with van der Waals surface area (Å²) in [7, 11) is 1.69. The summed E-state index contributed by atoms with van der Waals surface area (Å²) in [4.78, 5) is 4.38. The summed E-state index contributed by atoms with van der Waals surface area (Å²) in [5.74, 6) is 1.17. The number of methoxy groups -OCH3 is 1. The quantitative estimate of drug-likeness (QED) is 0.858. The maximum absolute atomic E-state index is 5.86. The molecule has 0 fully saturated rings. The third kappa shape index (κ3) is 5.34. The lowest BCUT2D eigenvalue weighted by Crippen LogP contribution is -2.32. The molecule has 0 aliphatic heterocycles. The van der Waals surface area contributed by atoms with Crippen LogP contribution in [0.25, 0.3) is 0 Å². The summed E-state index contributed by atoms with van der Waals surface area (Å²) in [6.45, 7) is 10.5. The van der Waals surface area contributed by atoms with Gasteiger partial charge in [-0.3, -0.25) is 0 Å². The van der Waals surface area contributed by atoms with E-state index in [0.717, 1.165) is 5.82 Å². The molecule has 1 rings (SSSR count). The number of ether oxygens (including phenoxy) is 2. The van der Waals surface area contributed by atoms with Crippen LogP contribution in [0, 0.1) is 0 Å². The highest BCUT2D eigenvalue weighted by atomic mass is 16.5. The molecule has 5 nitrogen and oxygen atoms in total. The lowest BCUT2D eigenvalue weighted by molar-refractivity contribution is 0.0343. The van der Waals surface area contributed by atoms with Crippen molar-refractivity contribution in [3.63, 3.8) is 0 Å². The molecule has 108 valence electrons. The molecule has 3 N–H and O–H groups in total. The number of nitrogens with one attached hydrogen (secondary N) is 1. The first-order valence-electron chi connectivity index (χ1n) is 6.37. The Labute approximate surface area is 115 Å². The van der Waals surface area contributed by atoms with Gasteiger partial charge in [-0.25, -0.2) is 0 Å². The molecule has 0 aliphatic carbocycles. The largest absolute Gasteiger partial charge is 0.470 e. The van der Waals surface area contributed by atoms with Crippen molar-refractivity contribution < 1.29 is 9.47 Å². The summed E-state index contributed by atoms with van der Waals surface area (Å²) < 4.78 is 11.1. The van der Waals surface area contributed by atoms with Gasteiger partial charge in [0.15, 0.2) is 0 Å². The van der Waals surface area contributed by atoms with Crippen molar-refractivity contribution in [2.75, 3.05) is 24.7 Å². The number of pyridine rings is 1. The van der Waals surface area contributed by atoms with Crippen molar-refractivity contribution in [3.05, 3.63) is 12.1 Å². The zero-order chi connectivity index (χ0) is 14.7. The average Bonchev–Trinajstić information content (AvgIpc) is 2.28. The van der Waals surface area contributed by atoms with Gasteiger partial charge in [-0.2, -0.15) is 4.98 Å². The van der Waals surface area contributed by atoms with E-state index in [9.17, 15) is 0 Å². The van der Waals surface area contributed by atoms with Gasteiger partial charge in [0.25, 0.3) is 0 Å². The molecule has 1 aromatic heterocycles. The SMILES string of the molecule is COC(C)(C)CNc1ccc(N)c(OC(C)(C)C)n1. The minimum absolute atomic E-state index is 0.256. The van der Waals surface area contributed by atoms with Crippen molar-refractivity contribution in [1.29, 1.82) is 0 Å². The molecule has 19 heavy (non-hydrogen) atoms. The zero-order valence-electron chi connectivity index (χ0n) is 12.7. The molecule has 0 spiro atoms. The summed E-state index contributed by atoms with van der Waals surface area (Å²) in [5.41, 5.74) is 5.81. The van der Waals surface area contributed by atoms with Crippen molar-refractivity contribution >= 4 is 11.5 Å². The van der Waals surface area contributed by atoms with Crippen molar-refractivity contribution in [2.24, 2.45) is 0 Å². The van der Waals surface area contributed by atoms with E-state index in [1.807, 2.05) is 40.7 Å².